The first-order valence-electron chi connectivity index (χ1n) is 6.17. The number of pyridine rings is 1. The number of rotatable bonds is 4. The van der Waals surface area contributed by atoms with Crippen LogP contribution in [0.4, 0.5) is 5.82 Å². The first-order valence-corrected chi connectivity index (χ1v) is 6.17. The van der Waals surface area contributed by atoms with Crippen molar-refractivity contribution in [2.45, 2.75) is 33.2 Å². The molecule has 0 aliphatic rings. The molecule has 0 saturated carbocycles. The Hall–Kier alpha value is -2.24. The number of hydrogen-bond acceptors (Lipinski definition) is 4. The smallest absolute Gasteiger partial charge is 0.227 e. The summed E-state index contributed by atoms with van der Waals surface area (Å²) >= 11 is 0. The molecular weight excluding hydrogens is 242 g/mol. The number of carbonyl (C=O) groups is 1. The summed E-state index contributed by atoms with van der Waals surface area (Å²) in [4.78, 5) is 20.2. The van der Waals surface area contributed by atoms with Crippen molar-refractivity contribution in [1.29, 1.82) is 0 Å². The molecule has 2 aromatic rings. The maximum Gasteiger partial charge on any atom is 0.227 e. The summed E-state index contributed by atoms with van der Waals surface area (Å²) < 4.78 is 1.77. The van der Waals surface area contributed by atoms with Gasteiger partial charge in [-0.25, -0.2) is 14.6 Å². The van der Waals surface area contributed by atoms with Gasteiger partial charge in [0, 0.05) is 12.6 Å². The maximum absolute atomic E-state index is 11.9. The zero-order chi connectivity index (χ0) is 13.8. The zero-order valence-electron chi connectivity index (χ0n) is 11.3. The summed E-state index contributed by atoms with van der Waals surface area (Å²) in [6.07, 6.45) is 1.98. The Balaban J connectivity index is 1.97. The highest BCUT2D eigenvalue weighted by Crippen LogP contribution is 2.13. The standard InChI is InChI=1S/C13H17N5O/c1-9(18-11(3)15-10(2)17-18)8-13(19)16-12-6-4-5-7-14-12/h4-7,9H,8H2,1-3H3,(H,14,16,19)/t9-/m0/s1. The summed E-state index contributed by atoms with van der Waals surface area (Å²) in [7, 11) is 0. The number of aryl methyl sites for hydroxylation is 2. The fourth-order valence-corrected chi connectivity index (χ4v) is 1.94. The summed E-state index contributed by atoms with van der Waals surface area (Å²) in [5, 5.41) is 7.04. The minimum atomic E-state index is -0.0845. The molecule has 1 N–H and O–H groups in total. The number of hydrogen-bond donors (Lipinski definition) is 1. The van der Waals surface area contributed by atoms with Gasteiger partial charge in [0.25, 0.3) is 0 Å². The number of carbonyl (C=O) groups excluding carboxylic acids is 1. The van der Waals surface area contributed by atoms with Crippen LogP contribution in [0.1, 0.15) is 31.0 Å². The molecule has 0 fully saturated rings. The predicted molar refractivity (Wildman–Crippen MR) is 71.7 cm³/mol. The Bertz CT molecular complexity index is 564. The van der Waals surface area contributed by atoms with E-state index < -0.39 is 0 Å². The van der Waals surface area contributed by atoms with Crippen LogP contribution in [0.2, 0.25) is 0 Å². The van der Waals surface area contributed by atoms with Crippen LogP contribution in [-0.4, -0.2) is 25.7 Å². The second-order valence-electron chi connectivity index (χ2n) is 4.47. The third-order valence-corrected chi connectivity index (χ3v) is 2.74. The van der Waals surface area contributed by atoms with E-state index in [0.29, 0.717) is 12.2 Å². The van der Waals surface area contributed by atoms with Crippen molar-refractivity contribution in [2.75, 3.05) is 5.32 Å². The number of anilines is 1. The molecule has 19 heavy (non-hydrogen) atoms. The quantitative estimate of drug-likeness (QED) is 0.909. The summed E-state index contributed by atoms with van der Waals surface area (Å²) in [6, 6.07) is 5.36. The summed E-state index contributed by atoms with van der Waals surface area (Å²) in [5.74, 6) is 2.01. The van der Waals surface area contributed by atoms with Gasteiger partial charge in [0.05, 0.1) is 6.04 Å². The fourth-order valence-electron chi connectivity index (χ4n) is 1.94. The van der Waals surface area contributed by atoms with E-state index >= 15 is 0 Å². The van der Waals surface area contributed by atoms with Gasteiger partial charge in [0.15, 0.2) is 0 Å². The second-order valence-corrected chi connectivity index (χ2v) is 4.47. The molecule has 0 spiro atoms. The molecule has 0 aliphatic heterocycles. The molecule has 0 aliphatic carbocycles. The lowest BCUT2D eigenvalue weighted by Gasteiger charge is -2.12. The van der Waals surface area contributed by atoms with Crippen molar-refractivity contribution in [1.82, 2.24) is 19.7 Å². The molecule has 6 nitrogen and oxygen atoms in total. The van der Waals surface area contributed by atoms with Crippen molar-refractivity contribution >= 4 is 11.7 Å². The minimum Gasteiger partial charge on any atom is -0.311 e. The summed E-state index contributed by atoms with van der Waals surface area (Å²) in [6.45, 7) is 5.66. The van der Waals surface area contributed by atoms with Crippen molar-refractivity contribution in [3.05, 3.63) is 36.0 Å². The van der Waals surface area contributed by atoms with Crippen LogP contribution in [0.25, 0.3) is 0 Å². The molecule has 0 radical (unpaired) electrons. The molecule has 2 heterocycles. The first kappa shape index (κ1) is 13.2. The third kappa shape index (κ3) is 3.37. The largest absolute Gasteiger partial charge is 0.311 e. The van der Waals surface area contributed by atoms with Gasteiger partial charge < -0.3 is 5.32 Å². The van der Waals surface area contributed by atoms with Gasteiger partial charge >= 0.3 is 0 Å². The maximum atomic E-state index is 11.9. The normalized spacial score (nSPS) is 12.2. The van der Waals surface area contributed by atoms with E-state index in [0.717, 1.165) is 11.6 Å². The average Bonchev–Trinajstić information content (AvgIpc) is 2.69. The van der Waals surface area contributed by atoms with Gasteiger partial charge in [-0.3, -0.25) is 4.79 Å². The van der Waals surface area contributed by atoms with E-state index in [4.69, 9.17) is 0 Å². The van der Waals surface area contributed by atoms with Crippen molar-refractivity contribution in [2.24, 2.45) is 0 Å². The van der Waals surface area contributed by atoms with E-state index in [9.17, 15) is 4.79 Å². The molecule has 6 heteroatoms. The Kier molecular flexibility index (Phi) is 3.89. The van der Waals surface area contributed by atoms with Gasteiger partial charge in [0.1, 0.15) is 17.5 Å². The highest BCUT2D eigenvalue weighted by molar-refractivity contribution is 5.89. The Labute approximate surface area is 111 Å². The number of nitrogens with zero attached hydrogens (tertiary/aromatic N) is 4. The van der Waals surface area contributed by atoms with Gasteiger partial charge in [-0.1, -0.05) is 6.07 Å². The molecule has 100 valence electrons. The molecule has 0 bridgehead atoms. The zero-order valence-corrected chi connectivity index (χ0v) is 11.3. The highest BCUT2D eigenvalue weighted by Gasteiger charge is 2.15. The van der Waals surface area contributed by atoms with E-state index in [1.54, 1.807) is 23.0 Å². The second kappa shape index (κ2) is 5.60. The lowest BCUT2D eigenvalue weighted by molar-refractivity contribution is -0.116. The SMILES string of the molecule is Cc1nc(C)n([C@@H](C)CC(=O)Nc2ccccn2)n1. The van der Waals surface area contributed by atoms with Gasteiger partial charge in [-0.15, -0.1) is 0 Å². The van der Waals surface area contributed by atoms with E-state index in [-0.39, 0.29) is 11.9 Å². The number of nitrogens with one attached hydrogen (secondary N) is 1. The molecule has 0 unspecified atom stereocenters. The Morgan fingerprint density at radius 1 is 1.42 bits per heavy atom. The average molecular weight is 259 g/mol. The van der Waals surface area contributed by atoms with E-state index in [1.165, 1.54) is 0 Å². The lowest BCUT2D eigenvalue weighted by atomic mass is 10.2. The highest BCUT2D eigenvalue weighted by atomic mass is 16.1. The summed E-state index contributed by atoms with van der Waals surface area (Å²) in [5.41, 5.74) is 0. The Morgan fingerprint density at radius 2 is 2.21 bits per heavy atom. The van der Waals surface area contributed by atoms with Crippen LogP contribution in [0.15, 0.2) is 24.4 Å². The molecule has 0 saturated heterocycles. The van der Waals surface area contributed by atoms with Crippen LogP contribution < -0.4 is 5.32 Å². The molecular formula is C13H17N5O. The third-order valence-electron chi connectivity index (χ3n) is 2.74. The molecule has 2 rings (SSSR count). The van der Waals surface area contributed by atoms with E-state index in [2.05, 4.69) is 20.4 Å². The van der Waals surface area contributed by atoms with Crippen molar-refractivity contribution < 1.29 is 4.79 Å². The monoisotopic (exact) mass is 259 g/mol. The minimum absolute atomic E-state index is 0.0371. The molecule has 0 aromatic carbocycles. The number of aromatic nitrogens is 4. The van der Waals surface area contributed by atoms with Crippen LogP contribution in [0.5, 0.6) is 0 Å². The van der Waals surface area contributed by atoms with Crippen LogP contribution in [-0.2, 0) is 4.79 Å². The Morgan fingerprint density at radius 3 is 2.79 bits per heavy atom. The van der Waals surface area contributed by atoms with Gasteiger partial charge in [-0.2, -0.15) is 5.10 Å². The lowest BCUT2D eigenvalue weighted by Crippen LogP contribution is -2.19. The van der Waals surface area contributed by atoms with E-state index in [1.807, 2.05) is 26.8 Å². The van der Waals surface area contributed by atoms with Crippen LogP contribution in [0.3, 0.4) is 0 Å². The molecule has 1 atom stereocenters. The molecule has 1 amide bonds. The predicted octanol–water partition coefficient (Wildman–Crippen LogP) is 1.88. The molecule has 2 aromatic heterocycles. The fraction of sp³-hybridized carbons (Fsp3) is 0.385. The van der Waals surface area contributed by atoms with Gasteiger partial charge in [0.2, 0.25) is 5.91 Å². The van der Waals surface area contributed by atoms with Crippen LogP contribution in [0, 0.1) is 13.8 Å². The van der Waals surface area contributed by atoms with Crippen molar-refractivity contribution in [3.8, 4) is 0 Å². The first-order chi connectivity index (χ1) is 9.06. The van der Waals surface area contributed by atoms with Crippen molar-refractivity contribution in [3.63, 3.8) is 0 Å². The van der Waals surface area contributed by atoms with Crippen LogP contribution >= 0.6 is 0 Å². The van der Waals surface area contributed by atoms with Gasteiger partial charge in [-0.05, 0) is 32.9 Å². The topological polar surface area (TPSA) is 72.7 Å². The number of amides is 1.